The Kier molecular flexibility index (Phi) is 6.40. The van der Waals surface area contributed by atoms with Gasteiger partial charge in [-0.25, -0.2) is 8.42 Å². The number of nitrogens with zero attached hydrogens (tertiary/aromatic N) is 2. The Hall–Kier alpha value is -2.23. The molecular formula is C20H25N3O4S2. The zero-order chi connectivity index (χ0) is 21.2. The zero-order valence-electron chi connectivity index (χ0n) is 16.7. The Morgan fingerprint density at radius 3 is 2.45 bits per heavy atom. The van der Waals surface area contributed by atoms with E-state index < -0.39 is 16.1 Å². The van der Waals surface area contributed by atoms with Gasteiger partial charge in [0.15, 0.2) is 0 Å². The molecule has 29 heavy (non-hydrogen) atoms. The monoisotopic (exact) mass is 435 g/mol. The van der Waals surface area contributed by atoms with Gasteiger partial charge >= 0.3 is 0 Å². The van der Waals surface area contributed by atoms with Crippen LogP contribution in [-0.2, 0) is 21.4 Å². The van der Waals surface area contributed by atoms with Gasteiger partial charge in [0.25, 0.3) is 15.9 Å². The smallest absolute Gasteiger partial charge is 0.253 e. The molecule has 1 aromatic carbocycles. The molecule has 0 bridgehead atoms. The maximum atomic E-state index is 12.9. The van der Waals surface area contributed by atoms with Crippen LogP contribution in [0, 0.1) is 6.92 Å². The molecule has 0 radical (unpaired) electrons. The van der Waals surface area contributed by atoms with E-state index in [9.17, 15) is 18.0 Å². The number of thiophene rings is 1. The van der Waals surface area contributed by atoms with Crippen LogP contribution in [0.4, 0.5) is 0 Å². The summed E-state index contributed by atoms with van der Waals surface area (Å²) in [5.74, 6) is -0.385. The molecule has 1 atom stereocenters. The second-order valence-corrected chi connectivity index (χ2v) is 10.7. The van der Waals surface area contributed by atoms with Gasteiger partial charge in [0.1, 0.15) is 10.3 Å². The predicted octanol–water partition coefficient (Wildman–Crippen LogP) is 2.23. The third kappa shape index (κ3) is 4.68. The van der Waals surface area contributed by atoms with Crippen molar-refractivity contribution in [3.63, 3.8) is 0 Å². The molecule has 9 heteroatoms. The van der Waals surface area contributed by atoms with Crippen LogP contribution < -0.4 is 5.32 Å². The minimum Gasteiger partial charge on any atom is -0.351 e. The highest BCUT2D eigenvalue weighted by atomic mass is 32.2. The minimum atomic E-state index is -3.67. The van der Waals surface area contributed by atoms with Crippen LogP contribution in [0.15, 0.2) is 40.6 Å². The second kappa shape index (κ2) is 8.64. The van der Waals surface area contributed by atoms with Crippen LogP contribution in [0.3, 0.4) is 0 Å². The maximum Gasteiger partial charge on any atom is 0.253 e. The minimum absolute atomic E-state index is 0.0868. The molecule has 1 fully saturated rings. The third-order valence-electron chi connectivity index (χ3n) is 4.86. The summed E-state index contributed by atoms with van der Waals surface area (Å²) >= 11 is 1.22. The fourth-order valence-corrected chi connectivity index (χ4v) is 6.36. The summed E-state index contributed by atoms with van der Waals surface area (Å²) in [5, 5.41) is 2.83. The third-order valence-corrected chi connectivity index (χ3v) is 8.24. The van der Waals surface area contributed by atoms with Crippen molar-refractivity contribution in [1.29, 1.82) is 0 Å². The first-order valence-corrected chi connectivity index (χ1v) is 11.6. The lowest BCUT2D eigenvalue weighted by molar-refractivity contribution is -0.124. The summed E-state index contributed by atoms with van der Waals surface area (Å²) in [6.07, 6.45) is 1.16. The molecule has 1 saturated heterocycles. The van der Waals surface area contributed by atoms with E-state index in [4.69, 9.17) is 0 Å². The molecule has 7 nitrogen and oxygen atoms in total. The lowest BCUT2D eigenvalue weighted by Crippen LogP contribution is -2.45. The van der Waals surface area contributed by atoms with Crippen molar-refractivity contribution in [2.24, 2.45) is 0 Å². The first-order valence-electron chi connectivity index (χ1n) is 9.37. The van der Waals surface area contributed by atoms with Crippen molar-refractivity contribution >= 4 is 33.2 Å². The predicted molar refractivity (Wildman–Crippen MR) is 112 cm³/mol. The number of hydrogen-bond donors (Lipinski definition) is 1. The van der Waals surface area contributed by atoms with Crippen molar-refractivity contribution in [3.05, 3.63) is 52.4 Å². The number of nitrogens with one attached hydrogen (secondary N) is 1. The van der Waals surface area contributed by atoms with Crippen molar-refractivity contribution in [3.8, 4) is 0 Å². The largest absolute Gasteiger partial charge is 0.351 e. The summed E-state index contributed by atoms with van der Waals surface area (Å²) in [7, 11) is -0.290. The van der Waals surface area contributed by atoms with Gasteiger partial charge in [-0.2, -0.15) is 4.31 Å². The lowest BCUT2D eigenvalue weighted by atomic mass is 10.1. The molecule has 2 aromatic rings. The number of amides is 2. The Morgan fingerprint density at radius 1 is 1.17 bits per heavy atom. The number of aryl methyl sites for hydroxylation is 1. The van der Waals surface area contributed by atoms with Crippen molar-refractivity contribution in [2.45, 2.75) is 36.6 Å². The zero-order valence-corrected chi connectivity index (χ0v) is 18.3. The summed E-state index contributed by atoms with van der Waals surface area (Å²) in [5.41, 5.74) is 1.42. The number of benzene rings is 1. The van der Waals surface area contributed by atoms with Crippen LogP contribution >= 0.6 is 11.3 Å². The number of sulfonamides is 1. The van der Waals surface area contributed by atoms with E-state index >= 15 is 0 Å². The highest BCUT2D eigenvalue weighted by Crippen LogP contribution is 2.30. The molecule has 1 aromatic heterocycles. The highest BCUT2D eigenvalue weighted by Gasteiger charge is 2.39. The fourth-order valence-electron chi connectivity index (χ4n) is 3.29. The average Bonchev–Trinajstić information content (AvgIpc) is 3.35. The van der Waals surface area contributed by atoms with E-state index in [2.05, 4.69) is 5.32 Å². The number of carbonyl (C=O) groups excluding carboxylic acids is 2. The summed E-state index contributed by atoms with van der Waals surface area (Å²) in [6, 6.07) is 9.68. The van der Waals surface area contributed by atoms with E-state index in [-0.39, 0.29) is 22.6 Å². The summed E-state index contributed by atoms with van der Waals surface area (Å²) in [4.78, 5) is 27.1. The van der Waals surface area contributed by atoms with Crippen LogP contribution in [0.2, 0.25) is 0 Å². The highest BCUT2D eigenvalue weighted by molar-refractivity contribution is 7.91. The molecule has 156 valence electrons. The summed E-state index contributed by atoms with van der Waals surface area (Å²) in [6.45, 7) is 2.48. The van der Waals surface area contributed by atoms with Crippen molar-refractivity contribution in [1.82, 2.24) is 14.5 Å². The number of rotatable bonds is 6. The lowest BCUT2D eigenvalue weighted by Gasteiger charge is -2.22. The first-order chi connectivity index (χ1) is 13.7. The second-order valence-electron chi connectivity index (χ2n) is 7.25. The van der Waals surface area contributed by atoms with Crippen LogP contribution in [0.5, 0.6) is 0 Å². The van der Waals surface area contributed by atoms with Gasteiger partial charge in [-0.15, -0.1) is 11.3 Å². The van der Waals surface area contributed by atoms with Gasteiger partial charge in [0, 0.05) is 37.6 Å². The molecule has 2 heterocycles. The van der Waals surface area contributed by atoms with Gasteiger partial charge in [-0.3, -0.25) is 9.59 Å². The number of carbonyl (C=O) groups is 2. The quantitative estimate of drug-likeness (QED) is 0.754. The normalized spacial score (nSPS) is 17.3. The molecule has 0 aliphatic carbocycles. The first kappa shape index (κ1) is 21.5. The van der Waals surface area contributed by atoms with E-state index in [1.807, 2.05) is 6.92 Å². The maximum absolute atomic E-state index is 12.9. The molecule has 0 unspecified atom stereocenters. The van der Waals surface area contributed by atoms with Crippen molar-refractivity contribution in [2.75, 3.05) is 20.6 Å². The fraction of sp³-hybridized carbons (Fsp3) is 0.400. The van der Waals surface area contributed by atoms with Gasteiger partial charge in [-0.05, 0) is 49.6 Å². The van der Waals surface area contributed by atoms with E-state index in [0.29, 0.717) is 24.9 Å². The van der Waals surface area contributed by atoms with Gasteiger partial charge in [0.2, 0.25) is 5.91 Å². The molecule has 0 spiro atoms. The molecule has 1 N–H and O–H groups in total. The van der Waals surface area contributed by atoms with Crippen molar-refractivity contribution < 1.29 is 18.0 Å². The average molecular weight is 436 g/mol. The summed E-state index contributed by atoms with van der Waals surface area (Å²) < 4.78 is 27.4. The Balaban J connectivity index is 1.65. The van der Waals surface area contributed by atoms with E-state index in [1.54, 1.807) is 50.5 Å². The van der Waals surface area contributed by atoms with Crippen LogP contribution in [0.25, 0.3) is 0 Å². The van der Waals surface area contributed by atoms with Gasteiger partial charge < -0.3 is 10.2 Å². The standard InChI is InChI=1S/C20H25N3O4S2/c1-14-6-11-18(28-14)29(26,27)23-12-4-5-17(23)19(24)21-13-15-7-9-16(10-8-15)20(25)22(2)3/h6-11,17H,4-5,12-13H2,1-3H3,(H,21,24)/t17-/m0/s1. The number of hydrogen-bond acceptors (Lipinski definition) is 5. The van der Waals surface area contributed by atoms with E-state index in [1.165, 1.54) is 20.5 Å². The SMILES string of the molecule is Cc1ccc(S(=O)(=O)N2CCC[C@H]2C(=O)NCc2ccc(C(=O)N(C)C)cc2)s1. The van der Waals surface area contributed by atoms with Crippen LogP contribution in [0.1, 0.15) is 33.6 Å². The molecular weight excluding hydrogens is 410 g/mol. The Morgan fingerprint density at radius 2 is 1.86 bits per heavy atom. The molecule has 2 amide bonds. The topological polar surface area (TPSA) is 86.8 Å². The van der Waals surface area contributed by atoms with E-state index in [0.717, 1.165) is 10.4 Å². The Bertz CT molecular complexity index is 997. The molecule has 1 aliphatic rings. The molecule has 1 aliphatic heterocycles. The molecule has 0 saturated carbocycles. The van der Waals surface area contributed by atoms with Gasteiger partial charge in [0.05, 0.1) is 0 Å². The Labute approximate surface area is 175 Å². The van der Waals surface area contributed by atoms with Crippen LogP contribution in [-0.4, -0.2) is 56.1 Å². The van der Waals surface area contributed by atoms with Gasteiger partial charge in [-0.1, -0.05) is 12.1 Å². The molecule has 3 rings (SSSR count).